The summed E-state index contributed by atoms with van der Waals surface area (Å²) in [5.74, 6) is -0.251. The van der Waals surface area contributed by atoms with Gasteiger partial charge in [0.1, 0.15) is 5.78 Å². The number of rotatable bonds is 12. The number of ether oxygens (including phenoxy) is 1. The first kappa shape index (κ1) is 20.3. The first-order valence-electron chi connectivity index (χ1n) is 9.53. The predicted octanol–water partition coefficient (Wildman–Crippen LogP) is 5.09. The van der Waals surface area contributed by atoms with Gasteiger partial charge in [-0.05, 0) is 30.9 Å². The zero-order chi connectivity index (χ0) is 18.6. The van der Waals surface area contributed by atoms with Crippen LogP contribution in [0.4, 0.5) is 0 Å². The molecule has 0 amide bonds. The van der Waals surface area contributed by atoms with E-state index in [0.717, 1.165) is 44.3 Å². The molecule has 140 valence electrons. The number of carbonyl (C=O) groups is 1. The summed E-state index contributed by atoms with van der Waals surface area (Å²) in [6, 6.07) is 19.7. The topological polar surface area (TPSA) is 46.5 Å². The minimum absolute atomic E-state index is 0.0625. The molecule has 0 heterocycles. The Morgan fingerprint density at radius 2 is 1.54 bits per heavy atom. The third-order valence-corrected chi connectivity index (χ3v) is 4.71. The monoisotopic (exact) mass is 354 g/mol. The largest absolute Gasteiger partial charge is 0.388 e. The highest BCUT2D eigenvalue weighted by atomic mass is 16.5. The zero-order valence-corrected chi connectivity index (χ0v) is 15.6. The van der Waals surface area contributed by atoms with Gasteiger partial charge < -0.3 is 9.84 Å². The van der Waals surface area contributed by atoms with Crippen LogP contribution >= 0.6 is 0 Å². The highest BCUT2D eigenvalue weighted by Crippen LogP contribution is 2.27. The normalized spacial score (nSPS) is 13.3. The Morgan fingerprint density at radius 3 is 2.19 bits per heavy atom. The van der Waals surface area contributed by atoms with Gasteiger partial charge in [-0.15, -0.1) is 0 Å². The van der Waals surface area contributed by atoms with Crippen molar-refractivity contribution in [2.45, 2.75) is 51.7 Å². The van der Waals surface area contributed by atoms with E-state index in [2.05, 4.69) is 12.1 Å². The highest BCUT2D eigenvalue weighted by molar-refractivity contribution is 5.79. The fraction of sp³-hybridized carbons (Fsp3) is 0.435. The Labute approximate surface area is 157 Å². The van der Waals surface area contributed by atoms with Gasteiger partial charge >= 0.3 is 0 Å². The van der Waals surface area contributed by atoms with Gasteiger partial charge in [-0.1, -0.05) is 79.9 Å². The van der Waals surface area contributed by atoms with Crippen molar-refractivity contribution in [3.05, 3.63) is 71.8 Å². The van der Waals surface area contributed by atoms with Gasteiger partial charge in [0.05, 0.1) is 12.7 Å². The maximum absolute atomic E-state index is 11.9. The lowest BCUT2D eigenvalue weighted by Crippen LogP contribution is -2.20. The van der Waals surface area contributed by atoms with Crippen LogP contribution in [0.5, 0.6) is 0 Å². The fourth-order valence-corrected chi connectivity index (χ4v) is 3.15. The third-order valence-electron chi connectivity index (χ3n) is 4.71. The number of benzene rings is 2. The van der Waals surface area contributed by atoms with E-state index in [4.69, 9.17) is 4.74 Å². The summed E-state index contributed by atoms with van der Waals surface area (Å²) in [7, 11) is 0. The smallest absolute Gasteiger partial charge is 0.135 e. The van der Waals surface area contributed by atoms with Crippen LogP contribution in [-0.4, -0.2) is 17.5 Å². The molecule has 0 bridgehead atoms. The maximum Gasteiger partial charge on any atom is 0.135 e. The second kappa shape index (κ2) is 11.6. The molecule has 0 fully saturated rings. The molecule has 2 unspecified atom stereocenters. The maximum atomic E-state index is 11.9. The van der Waals surface area contributed by atoms with E-state index in [-0.39, 0.29) is 11.7 Å². The molecule has 2 aromatic carbocycles. The molecule has 0 aliphatic rings. The first-order valence-corrected chi connectivity index (χ1v) is 9.53. The highest BCUT2D eigenvalue weighted by Gasteiger charge is 2.24. The Bertz CT molecular complexity index is 624. The summed E-state index contributed by atoms with van der Waals surface area (Å²) in [6.07, 6.45) is 4.14. The van der Waals surface area contributed by atoms with Gasteiger partial charge in [-0.2, -0.15) is 0 Å². The van der Waals surface area contributed by atoms with Crippen molar-refractivity contribution >= 4 is 5.78 Å². The third kappa shape index (κ3) is 7.11. The van der Waals surface area contributed by atoms with Crippen LogP contribution in [0.15, 0.2) is 60.7 Å². The lowest BCUT2D eigenvalue weighted by molar-refractivity contribution is -0.124. The van der Waals surface area contributed by atoms with Gasteiger partial charge in [0, 0.05) is 12.5 Å². The van der Waals surface area contributed by atoms with Crippen LogP contribution in [0, 0.1) is 5.92 Å². The van der Waals surface area contributed by atoms with Crippen LogP contribution < -0.4 is 0 Å². The molecule has 0 spiro atoms. The van der Waals surface area contributed by atoms with E-state index in [1.54, 1.807) is 6.92 Å². The second-order valence-electron chi connectivity index (χ2n) is 6.81. The fourth-order valence-electron chi connectivity index (χ4n) is 3.15. The van der Waals surface area contributed by atoms with Crippen LogP contribution in [0.2, 0.25) is 0 Å². The Hall–Kier alpha value is -1.97. The molecular weight excluding hydrogens is 324 g/mol. The number of ketones is 1. The van der Waals surface area contributed by atoms with Gasteiger partial charge in [-0.3, -0.25) is 4.79 Å². The quantitative estimate of drug-likeness (QED) is 0.540. The molecule has 26 heavy (non-hydrogen) atoms. The van der Waals surface area contributed by atoms with Gasteiger partial charge in [0.15, 0.2) is 0 Å². The molecular formula is C23H30O3. The molecule has 2 rings (SSSR count). The molecule has 0 aliphatic heterocycles. The number of carbonyl (C=O) groups excluding carboxylic acids is 1. The lowest BCUT2D eigenvalue weighted by Gasteiger charge is -2.20. The summed E-state index contributed by atoms with van der Waals surface area (Å²) in [5, 5.41) is 10.5. The number of aliphatic hydroxyl groups excluding tert-OH is 1. The molecule has 0 aromatic heterocycles. The molecule has 2 aromatic rings. The van der Waals surface area contributed by atoms with E-state index in [0.29, 0.717) is 6.61 Å². The predicted molar refractivity (Wildman–Crippen MR) is 105 cm³/mol. The zero-order valence-electron chi connectivity index (χ0n) is 15.6. The van der Waals surface area contributed by atoms with Crippen molar-refractivity contribution in [1.82, 2.24) is 0 Å². The van der Waals surface area contributed by atoms with Gasteiger partial charge in [-0.25, -0.2) is 0 Å². The van der Waals surface area contributed by atoms with Crippen molar-refractivity contribution < 1.29 is 14.6 Å². The number of hydrogen-bond acceptors (Lipinski definition) is 3. The van der Waals surface area contributed by atoms with Crippen molar-refractivity contribution in [2.24, 2.45) is 5.92 Å². The summed E-state index contributed by atoms with van der Waals surface area (Å²) >= 11 is 0. The Morgan fingerprint density at radius 1 is 0.923 bits per heavy atom. The average Bonchev–Trinajstić information content (AvgIpc) is 2.67. The standard InChI is InChI=1S/C23H30O3/c1-19(24)22(23(25)21-14-8-5-9-15-21)16-10-2-3-11-17-26-18-20-12-6-4-7-13-20/h4-9,12-15,22-23,25H,2-3,10-11,16-18H2,1H3. The summed E-state index contributed by atoms with van der Waals surface area (Å²) < 4.78 is 5.69. The summed E-state index contributed by atoms with van der Waals surface area (Å²) in [4.78, 5) is 11.9. The summed E-state index contributed by atoms with van der Waals surface area (Å²) in [5.41, 5.74) is 2.02. The van der Waals surface area contributed by atoms with E-state index in [9.17, 15) is 9.90 Å². The minimum Gasteiger partial charge on any atom is -0.388 e. The molecule has 2 atom stereocenters. The number of Topliss-reactive ketones (excluding diaryl/α,β-unsaturated/α-hetero) is 1. The average molecular weight is 354 g/mol. The Kier molecular flexibility index (Phi) is 9.08. The van der Waals surface area contributed by atoms with E-state index < -0.39 is 6.10 Å². The van der Waals surface area contributed by atoms with Crippen LogP contribution in [-0.2, 0) is 16.1 Å². The molecule has 3 heteroatoms. The van der Waals surface area contributed by atoms with E-state index in [1.807, 2.05) is 48.5 Å². The Balaban J connectivity index is 1.60. The second-order valence-corrected chi connectivity index (χ2v) is 6.81. The van der Waals surface area contributed by atoms with Gasteiger partial charge in [0.25, 0.3) is 0 Å². The molecule has 0 saturated carbocycles. The van der Waals surface area contributed by atoms with Crippen LogP contribution in [0.25, 0.3) is 0 Å². The number of hydrogen-bond donors (Lipinski definition) is 1. The van der Waals surface area contributed by atoms with Crippen molar-refractivity contribution in [2.75, 3.05) is 6.61 Å². The number of aliphatic hydroxyl groups is 1. The summed E-state index contributed by atoms with van der Waals surface area (Å²) in [6.45, 7) is 3.00. The number of unbranched alkanes of at least 4 members (excludes halogenated alkanes) is 3. The minimum atomic E-state index is -0.706. The van der Waals surface area contributed by atoms with Crippen LogP contribution in [0.3, 0.4) is 0 Å². The van der Waals surface area contributed by atoms with Crippen molar-refractivity contribution in [3.8, 4) is 0 Å². The molecule has 0 saturated heterocycles. The lowest BCUT2D eigenvalue weighted by atomic mass is 9.88. The van der Waals surface area contributed by atoms with E-state index >= 15 is 0 Å². The molecule has 1 N–H and O–H groups in total. The first-order chi connectivity index (χ1) is 12.7. The molecule has 3 nitrogen and oxygen atoms in total. The van der Waals surface area contributed by atoms with Crippen LogP contribution in [0.1, 0.15) is 56.3 Å². The van der Waals surface area contributed by atoms with Crippen molar-refractivity contribution in [3.63, 3.8) is 0 Å². The molecule has 0 radical (unpaired) electrons. The van der Waals surface area contributed by atoms with Crippen molar-refractivity contribution in [1.29, 1.82) is 0 Å². The SMILES string of the molecule is CC(=O)C(CCCCCCOCc1ccccc1)C(O)c1ccccc1. The van der Waals surface area contributed by atoms with E-state index in [1.165, 1.54) is 5.56 Å². The molecule has 0 aliphatic carbocycles. The van der Waals surface area contributed by atoms with Gasteiger partial charge in [0.2, 0.25) is 0 Å².